The smallest absolute Gasteiger partial charge is 0.214 e. The van der Waals surface area contributed by atoms with Crippen molar-refractivity contribution in [2.45, 2.75) is 31.5 Å². The summed E-state index contributed by atoms with van der Waals surface area (Å²) in [5, 5.41) is 11.5. The molecule has 0 unspecified atom stereocenters. The normalized spacial score (nSPS) is 15.3. The highest BCUT2D eigenvalue weighted by Crippen LogP contribution is 2.29. The largest absolute Gasteiger partial charge is 0.349 e. The van der Waals surface area contributed by atoms with E-state index in [1.807, 2.05) is 22.9 Å². The van der Waals surface area contributed by atoms with Gasteiger partial charge in [0.25, 0.3) is 0 Å². The third-order valence-electron chi connectivity index (χ3n) is 3.38. The molecule has 3 rings (SSSR count). The van der Waals surface area contributed by atoms with Crippen molar-refractivity contribution in [1.82, 2.24) is 14.9 Å². The SMILES string of the molecule is CC(C)C[C@H]([NH3+])c1nnc2n1NC(c1ccccc1)=CS2. The number of benzene rings is 1. The van der Waals surface area contributed by atoms with Gasteiger partial charge in [0.05, 0.1) is 5.70 Å². The Kier molecular flexibility index (Phi) is 3.98. The van der Waals surface area contributed by atoms with Crippen LogP contribution in [-0.4, -0.2) is 14.9 Å². The summed E-state index contributed by atoms with van der Waals surface area (Å²) < 4.78 is 1.97. The molecule has 0 saturated heterocycles. The molecule has 0 saturated carbocycles. The lowest BCUT2D eigenvalue weighted by atomic mass is 10.0. The molecule has 0 bridgehead atoms. The lowest BCUT2D eigenvalue weighted by molar-refractivity contribution is -0.432. The molecule has 1 aliphatic rings. The van der Waals surface area contributed by atoms with Gasteiger partial charge in [-0.15, -0.1) is 10.2 Å². The quantitative estimate of drug-likeness (QED) is 0.909. The third kappa shape index (κ3) is 2.96. The van der Waals surface area contributed by atoms with Crippen molar-refractivity contribution < 1.29 is 5.73 Å². The first-order valence-corrected chi connectivity index (χ1v) is 8.00. The highest BCUT2D eigenvalue weighted by atomic mass is 32.2. The molecule has 21 heavy (non-hydrogen) atoms. The van der Waals surface area contributed by atoms with Gasteiger partial charge in [0, 0.05) is 11.8 Å². The molecular weight excluding hydrogens is 282 g/mol. The van der Waals surface area contributed by atoms with E-state index in [1.54, 1.807) is 11.8 Å². The van der Waals surface area contributed by atoms with Crippen LogP contribution in [0.3, 0.4) is 0 Å². The first-order chi connectivity index (χ1) is 10.1. The van der Waals surface area contributed by atoms with Crippen LogP contribution in [0.1, 0.15) is 37.7 Å². The summed E-state index contributed by atoms with van der Waals surface area (Å²) in [5.41, 5.74) is 9.86. The second-order valence-electron chi connectivity index (χ2n) is 5.63. The molecular formula is C15H20N5S+. The average molecular weight is 302 g/mol. The predicted octanol–water partition coefficient (Wildman–Crippen LogP) is 2.25. The van der Waals surface area contributed by atoms with Crippen LogP contribution in [0.4, 0.5) is 0 Å². The predicted molar refractivity (Wildman–Crippen MR) is 84.7 cm³/mol. The first kappa shape index (κ1) is 14.2. The third-order valence-corrected chi connectivity index (χ3v) is 4.21. The molecule has 2 heterocycles. The number of quaternary nitrogens is 1. The minimum absolute atomic E-state index is 0.134. The van der Waals surface area contributed by atoms with Crippen LogP contribution in [0.5, 0.6) is 0 Å². The van der Waals surface area contributed by atoms with E-state index in [0.29, 0.717) is 5.92 Å². The molecule has 0 aliphatic carbocycles. The van der Waals surface area contributed by atoms with Gasteiger partial charge in [0.2, 0.25) is 11.0 Å². The zero-order valence-corrected chi connectivity index (χ0v) is 13.1. The van der Waals surface area contributed by atoms with E-state index in [4.69, 9.17) is 0 Å². The molecule has 1 aromatic carbocycles. The second kappa shape index (κ2) is 5.91. The van der Waals surface area contributed by atoms with E-state index < -0.39 is 0 Å². The lowest BCUT2D eigenvalue weighted by Gasteiger charge is -2.20. The van der Waals surface area contributed by atoms with Gasteiger partial charge in [0.1, 0.15) is 6.04 Å². The molecule has 0 spiro atoms. The van der Waals surface area contributed by atoms with Gasteiger partial charge in [-0.3, -0.25) is 5.43 Å². The topological polar surface area (TPSA) is 70.4 Å². The van der Waals surface area contributed by atoms with Gasteiger partial charge in [-0.2, -0.15) is 0 Å². The molecule has 2 aromatic rings. The molecule has 4 N–H and O–H groups in total. The highest BCUT2D eigenvalue weighted by molar-refractivity contribution is 8.02. The van der Waals surface area contributed by atoms with E-state index in [-0.39, 0.29) is 6.04 Å². The minimum atomic E-state index is 0.134. The first-order valence-electron chi connectivity index (χ1n) is 7.13. The van der Waals surface area contributed by atoms with Crippen molar-refractivity contribution in [3.63, 3.8) is 0 Å². The molecule has 1 atom stereocenters. The number of thioether (sulfide) groups is 1. The van der Waals surface area contributed by atoms with Crippen molar-refractivity contribution in [3.05, 3.63) is 47.1 Å². The minimum Gasteiger partial charge on any atom is -0.349 e. The van der Waals surface area contributed by atoms with Gasteiger partial charge in [0.15, 0.2) is 0 Å². The Morgan fingerprint density at radius 3 is 2.71 bits per heavy atom. The number of aromatic nitrogens is 3. The maximum atomic E-state index is 4.31. The van der Waals surface area contributed by atoms with Crippen LogP contribution < -0.4 is 11.2 Å². The Bertz CT molecular complexity index is 647. The molecule has 110 valence electrons. The van der Waals surface area contributed by atoms with Crippen molar-refractivity contribution in [2.24, 2.45) is 5.92 Å². The summed E-state index contributed by atoms with van der Waals surface area (Å²) in [6, 6.07) is 10.4. The van der Waals surface area contributed by atoms with Crippen LogP contribution in [0.25, 0.3) is 5.70 Å². The number of nitrogens with one attached hydrogen (secondary N) is 1. The monoisotopic (exact) mass is 302 g/mol. The van der Waals surface area contributed by atoms with E-state index in [2.05, 4.69) is 52.7 Å². The summed E-state index contributed by atoms with van der Waals surface area (Å²) in [4.78, 5) is 0. The van der Waals surface area contributed by atoms with Crippen LogP contribution in [0, 0.1) is 5.92 Å². The van der Waals surface area contributed by atoms with Crippen molar-refractivity contribution in [2.75, 3.05) is 5.43 Å². The summed E-state index contributed by atoms with van der Waals surface area (Å²) in [6.07, 6.45) is 0.995. The zero-order chi connectivity index (χ0) is 14.8. The Balaban J connectivity index is 1.86. The fourth-order valence-corrected chi connectivity index (χ4v) is 3.15. The van der Waals surface area contributed by atoms with Gasteiger partial charge in [-0.05, 0) is 11.5 Å². The molecule has 0 radical (unpaired) electrons. The van der Waals surface area contributed by atoms with Gasteiger partial charge in [-0.25, -0.2) is 4.68 Å². The Hall–Kier alpha value is -1.79. The molecule has 0 fully saturated rings. The standard InChI is InChI=1S/C15H19N5S/c1-10(2)8-12(16)14-17-18-15-20(14)19-13(9-21-15)11-6-4-3-5-7-11/h3-7,9-10,12,19H,8,16H2,1-2H3/p+1/t12-/m0/s1. The van der Waals surface area contributed by atoms with Gasteiger partial charge < -0.3 is 5.73 Å². The molecule has 6 heteroatoms. The number of nitrogens with zero attached hydrogens (tertiary/aromatic N) is 3. The maximum absolute atomic E-state index is 4.31. The van der Waals surface area contributed by atoms with Gasteiger partial charge in [-0.1, -0.05) is 55.9 Å². The Morgan fingerprint density at radius 1 is 1.24 bits per heavy atom. The molecule has 5 nitrogen and oxygen atoms in total. The second-order valence-corrected chi connectivity index (χ2v) is 6.47. The van der Waals surface area contributed by atoms with Crippen molar-refractivity contribution in [1.29, 1.82) is 0 Å². The molecule has 1 aromatic heterocycles. The Labute approximate surface area is 128 Å². The number of rotatable bonds is 4. The average Bonchev–Trinajstić information content (AvgIpc) is 2.90. The van der Waals surface area contributed by atoms with E-state index >= 15 is 0 Å². The maximum Gasteiger partial charge on any atom is 0.214 e. The summed E-state index contributed by atoms with van der Waals surface area (Å²) in [7, 11) is 0. The number of fused-ring (bicyclic) bond motifs is 1. The zero-order valence-electron chi connectivity index (χ0n) is 12.3. The van der Waals surface area contributed by atoms with Crippen LogP contribution in [0.15, 0.2) is 40.9 Å². The number of hydrogen-bond donors (Lipinski definition) is 2. The van der Waals surface area contributed by atoms with E-state index in [1.165, 1.54) is 0 Å². The number of hydrogen-bond acceptors (Lipinski definition) is 4. The fraction of sp³-hybridized carbons (Fsp3) is 0.333. The van der Waals surface area contributed by atoms with Crippen LogP contribution in [0.2, 0.25) is 0 Å². The summed E-state index contributed by atoms with van der Waals surface area (Å²) >= 11 is 1.59. The Morgan fingerprint density at radius 2 is 2.00 bits per heavy atom. The lowest BCUT2D eigenvalue weighted by Crippen LogP contribution is -2.55. The fourth-order valence-electron chi connectivity index (χ4n) is 2.41. The van der Waals surface area contributed by atoms with Gasteiger partial charge >= 0.3 is 0 Å². The van der Waals surface area contributed by atoms with Crippen LogP contribution in [-0.2, 0) is 0 Å². The van der Waals surface area contributed by atoms with Crippen LogP contribution >= 0.6 is 11.8 Å². The molecule has 1 aliphatic heterocycles. The summed E-state index contributed by atoms with van der Waals surface area (Å²) in [6.45, 7) is 4.40. The van der Waals surface area contributed by atoms with Crippen molar-refractivity contribution in [3.8, 4) is 0 Å². The van der Waals surface area contributed by atoms with E-state index in [0.717, 1.165) is 28.7 Å². The summed E-state index contributed by atoms with van der Waals surface area (Å²) in [5.74, 6) is 1.48. The van der Waals surface area contributed by atoms with E-state index in [9.17, 15) is 0 Å². The highest BCUT2D eigenvalue weighted by Gasteiger charge is 2.24. The molecule has 0 amide bonds. The van der Waals surface area contributed by atoms with Crippen molar-refractivity contribution >= 4 is 17.5 Å².